The maximum absolute atomic E-state index is 6.05. The predicted molar refractivity (Wildman–Crippen MR) is 130 cm³/mol. The standard InChI is InChI=1S/C22H37N3O3.HI/c1-4-23-22(24-11-5-6-12-27-14-13-26-3)25-16-20-10-7-18(2)15-21(20)28-17-19-8-9-19;/h7,10,15,19H,4-6,8-9,11-14,16-17H2,1-3H3,(H2,23,24,25);1H. The number of guanidine groups is 1. The molecule has 0 spiro atoms. The minimum absolute atomic E-state index is 0. The van der Waals surface area contributed by atoms with Crippen LogP contribution in [0.25, 0.3) is 0 Å². The molecule has 0 heterocycles. The van der Waals surface area contributed by atoms with Crippen LogP contribution in [0.1, 0.15) is 43.7 Å². The first-order valence-corrected chi connectivity index (χ1v) is 10.5. The van der Waals surface area contributed by atoms with Gasteiger partial charge in [-0.3, -0.25) is 0 Å². The molecule has 0 radical (unpaired) electrons. The molecule has 0 aliphatic heterocycles. The van der Waals surface area contributed by atoms with E-state index in [9.17, 15) is 0 Å². The van der Waals surface area contributed by atoms with Crippen LogP contribution in [0.2, 0.25) is 0 Å². The first kappa shape index (κ1) is 26.0. The number of halogens is 1. The summed E-state index contributed by atoms with van der Waals surface area (Å²) in [6.07, 6.45) is 4.65. The van der Waals surface area contributed by atoms with Crippen molar-refractivity contribution in [1.82, 2.24) is 10.6 Å². The number of hydrogen-bond acceptors (Lipinski definition) is 4. The van der Waals surface area contributed by atoms with Crippen LogP contribution in [0.4, 0.5) is 0 Å². The summed E-state index contributed by atoms with van der Waals surface area (Å²) in [7, 11) is 1.69. The van der Waals surface area contributed by atoms with Gasteiger partial charge in [-0.1, -0.05) is 12.1 Å². The van der Waals surface area contributed by atoms with E-state index in [1.54, 1.807) is 7.11 Å². The van der Waals surface area contributed by atoms with Crippen LogP contribution in [0.3, 0.4) is 0 Å². The second kappa shape index (κ2) is 15.7. The van der Waals surface area contributed by atoms with Crippen LogP contribution < -0.4 is 15.4 Å². The molecule has 0 unspecified atom stereocenters. The normalized spacial score (nSPS) is 13.7. The lowest BCUT2D eigenvalue weighted by Crippen LogP contribution is -2.37. The van der Waals surface area contributed by atoms with Gasteiger partial charge < -0.3 is 24.8 Å². The number of benzene rings is 1. The molecule has 1 aliphatic carbocycles. The highest BCUT2D eigenvalue weighted by Crippen LogP contribution is 2.30. The molecule has 0 atom stereocenters. The van der Waals surface area contributed by atoms with Crippen molar-refractivity contribution in [2.24, 2.45) is 10.9 Å². The van der Waals surface area contributed by atoms with Crippen LogP contribution in [0, 0.1) is 12.8 Å². The monoisotopic (exact) mass is 519 g/mol. The van der Waals surface area contributed by atoms with Gasteiger partial charge in [0.05, 0.1) is 26.4 Å². The lowest BCUT2D eigenvalue weighted by molar-refractivity contribution is 0.0689. The maximum atomic E-state index is 6.05. The molecule has 166 valence electrons. The predicted octanol–water partition coefficient (Wildman–Crippen LogP) is 3.90. The number of ether oxygens (including phenoxy) is 3. The lowest BCUT2D eigenvalue weighted by Gasteiger charge is -2.13. The Morgan fingerprint density at radius 3 is 2.69 bits per heavy atom. The molecule has 1 aliphatic rings. The number of hydrogen-bond donors (Lipinski definition) is 2. The van der Waals surface area contributed by atoms with E-state index < -0.39 is 0 Å². The van der Waals surface area contributed by atoms with Crippen molar-refractivity contribution < 1.29 is 14.2 Å². The zero-order valence-corrected chi connectivity index (χ0v) is 20.5. The summed E-state index contributed by atoms with van der Waals surface area (Å²) in [6, 6.07) is 6.37. The summed E-state index contributed by atoms with van der Waals surface area (Å²) >= 11 is 0. The molecule has 1 aromatic carbocycles. The van der Waals surface area contributed by atoms with E-state index >= 15 is 0 Å². The second-order valence-corrected chi connectivity index (χ2v) is 7.30. The van der Waals surface area contributed by atoms with E-state index in [1.165, 1.54) is 18.4 Å². The van der Waals surface area contributed by atoms with Crippen molar-refractivity contribution in [1.29, 1.82) is 0 Å². The van der Waals surface area contributed by atoms with Crippen LogP contribution >= 0.6 is 24.0 Å². The second-order valence-electron chi connectivity index (χ2n) is 7.30. The summed E-state index contributed by atoms with van der Waals surface area (Å²) in [5, 5.41) is 6.71. The smallest absolute Gasteiger partial charge is 0.191 e. The van der Waals surface area contributed by atoms with Crippen LogP contribution in [0.5, 0.6) is 5.75 Å². The Balaban J connectivity index is 0.00000420. The van der Waals surface area contributed by atoms with Gasteiger partial charge in [0, 0.05) is 32.4 Å². The number of aliphatic imine (C=N–C) groups is 1. The van der Waals surface area contributed by atoms with Crippen LogP contribution in [-0.4, -0.2) is 52.6 Å². The van der Waals surface area contributed by atoms with Gasteiger partial charge in [0.15, 0.2) is 5.96 Å². The number of aryl methyl sites for hydroxylation is 1. The molecule has 1 aromatic rings. The third kappa shape index (κ3) is 11.6. The van der Waals surface area contributed by atoms with E-state index in [1.807, 2.05) is 0 Å². The minimum Gasteiger partial charge on any atom is -0.493 e. The van der Waals surface area contributed by atoms with E-state index in [4.69, 9.17) is 19.2 Å². The van der Waals surface area contributed by atoms with Crippen molar-refractivity contribution in [2.75, 3.05) is 46.6 Å². The molecular weight excluding hydrogens is 481 g/mol. The first-order valence-electron chi connectivity index (χ1n) is 10.5. The van der Waals surface area contributed by atoms with Crippen molar-refractivity contribution in [3.8, 4) is 5.75 Å². The summed E-state index contributed by atoms with van der Waals surface area (Å²) < 4.78 is 16.5. The zero-order chi connectivity index (χ0) is 20.0. The van der Waals surface area contributed by atoms with E-state index in [2.05, 4.69) is 42.7 Å². The van der Waals surface area contributed by atoms with Crippen molar-refractivity contribution in [2.45, 2.75) is 46.1 Å². The Hall–Kier alpha value is -1.06. The van der Waals surface area contributed by atoms with Gasteiger partial charge in [0.1, 0.15) is 5.75 Å². The molecule has 2 N–H and O–H groups in total. The van der Waals surface area contributed by atoms with Gasteiger partial charge in [-0.2, -0.15) is 0 Å². The number of nitrogens with zero attached hydrogens (tertiary/aromatic N) is 1. The van der Waals surface area contributed by atoms with Gasteiger partial charge >= 0.3 is 0 Å². The molecule has 29 heavy (non-hydrogen) atoms. The van der Waals surface area contributed by atoms with Gasteiger partial charge in [-0.15, -0.1) is 24.0 Å². The SMILES string of the molecule is CCNC(=NCc1ccc(C)cc1OCC1CC1)NCCCCOCCOC.I. The van der Waals surface area contributed by atoms with Crippen molar-refractivity contribution in [3.63, 3.8) is 0 Å². The number of nitrogens with one attached hydrogen (secondary N) is 2. The first-order chi connectivity index (χ1) is 13.7. The average molecular weight is 519 g/mol. The van der Waals surface area contributed by atoms with Gasteiger partial charge in [0.2, 0.25) is 0 Å². The molecule has 2 rings (SSSR count). The molecule has 1 fully saturated rings. The van der Waals surface area contributed by atoms with Crippen molar-refractivity contribution >= 4 is 29.9 Å². The highest BCUT2D eigenvalue weighted by molar-refractivity contribution is 14.0. The number of unbranched alkanes of at least 4 members (excludes halogenated alkanes) is 1. The highest BCUT2D eigenvalue weighted by atomic mass is 127. The van der Waals surface area contributed by atoms with E-state index in [-0.39, 0.29) is 24.0 Å². The van der Waals surface area contributed by atoms with Gasteiger partial charge in [0.25, 0.3) is 0 Å². The van der Waals surface area contributed by atoms with Crippen molar-refractivity contribution in [3.05, 3.63) is 29.3 Å². The summed E-state index contributed by atoms with van der Waals surface area (Å²) in [6.45, 7) is 9.41. The van der Waals surface area contributed by atoms with Gasteiger partial charge in [-0.05, 0) is 57.1 Å². The fraction of sp³-hybridized carbons (Fsp3) is 0.682. The Morgan fingerprint density at radius 1 is 1.14 bits per heavy atom. The summed E-state index contributed by atoms with van der Waals surface area (Å²) in [5.74, 6) is 2.56. The lowest BCUT2D eigenvalue weighted by atomic mass is 10.1. The molecule has 0 amide bonds. The minimum atomic E-state index is 0. The zero-order valence-electron chi connectivity index (χ0n) is 18.2. The number of methoxy groups -OCH3 is 1. The molecule has 0 aromatic heterocycles. The Bertz CT molecular complexity index is 595. The molecule has 1 saturated carbocycles. The Kier molecular flexibility index (Phi) is 14.1. The topological polar surface area (TPSA) is 64.1 Å². The summed E-state index contributed by atoms with van der Waals surface area (Å²) in [5.41, 5.74) is 2.35. The van der Waals surface area contributed by atoms with Crippen LogP contribution in [0.15, 0.2) is 23.2 Å². The molecule has 7 heteroatoms. The van der Waals surface area contributed by atoms with E-state index in [0.717, 1.165) is 62.3 Å². The number of rotatable bonds is 14. The Morgan fingerprint density at radius 2 is 1.97 bits per heavy atom. The maximum Gasteiger partial charge on any atom is 0.191 e. The van der Waals surface area contributed by atoms with Gasteiger partial charge in [-0.25, -0.2) is 4.99 Å². The summed E-state index contributed by atoms with van der Waals surface area (Å²) in [4.78, 5) is 4.74. The average Bonchev–Trinajstić information content (AvgIpc) is 3.52. The highest BCUT2D eigenvalue weighted by Gasteiger charge is 2.22. The third-order valence-electron chi connectivity index (χ3n) is 4.59. The van der Waals surface area contributed by atoms with Crippen LogP contribution in [-0.2, 0) is 16.0 Å². The third-order valence-corrected chi connectivity index (χ3v) is 4.59. The fourth-order valence-corrected chi connectivity index (χ4v) is 2.71. The largest absolute Gasteiger partial charge is 0.493 e. The van der Waals surface area contributed by atoms with E-state index in [0.29, 0.717) is 19.8 Å². The molecule has 0 bridgehead atoms. The molecule has 0 saturated heterocycles. The quantitative estimate of drug-likeness (QED) is 0.169. The molecular formula is C22H38IN3O3. The Labute approximate surface area is 193 Å². The molecule has 6 nitrogen and oxygen atoms in total. The fourth-order valence-electron chi connectivity index (χ4n) is 2.71.